The van der Waals surface area contributed by atoms with Crippen molar-refractivity contribution in [2.24, 2.45) is 0 Å². The number of H-pyrrole nitrogens is 2. The molecule has 0 radical (unpaired) electrons. The molecule has 18 heteroatoms. The molecule has 10 heterocycles. The zero-order chi connectivity index (χ0) is 54.2. The minimum Gasteiger partial charge on any atom is -0.478 e. The third kappa shape index (κ3) is 12.4. The maximum Gasteiger partial charge on any atom is 0.336 e. The molecule has 2 fully saturated rings. The minimum absolute atomic E-state index is 0.0688. The van der Waals surface area contributed by atoms with E-state index in [4.69, 9.17) is 21.3 Å². The van der Waals surface area contributed by atoms with Gasteiger partial charge in [-0.2, -0.15) is 0 Å². The molecular formula is C58H67ClN10O7. The van der Waals surface area contributed by atoms with Crippen LogP contribution in [0.2, 0.25) is 0 Å². The number of aromatic carboxylic acids is 1. The summed E-state index contributed by atoms with van der Waals surface area (Å²) >= 11 is 5.32. The first-order chi connectivity index (χ1) is 36.5. The average Bonchev–Trinajstić information content (AvgIpc) is 4.09. The Bertz CT molecular complexity index is 3470. The molecule has 0 spiro atoms. The molecule has 0 saturated carbocycles. The normalized spacial score (nSPS) is 14.9. The van der Waals surface area contributed by atoms with E-state index in [0.717, 1.165) is 105 Å². The molecule has 76 heavy (non-hydrogen) atoms. The molecule has 2 aliphatic heterocycles. The fourth-order valence-electron chi connectivity index (χ4n) is 10.4. The zero-order valence-electron chi connectivity index (χ0n) is 44.4. The van der Waals surface area contributed by atoms with E-state index in [1.165, 1.54) is 0 Å². The minimum atomic E-state index is -0.897. The van der Waals surface area contributed by atoms with Crippen molar-refractivity contribution in [2.75, 3.05) is 52.6 Å². The van der Waals surface area contributed by atoms with E-state index in [-0.39, 0.29) is 35.7 Å². The summed E-state index contributed by atoms with van der Waals surface area (Å²) < 4.78 is 15.4. The summed E-state index contributed by atoms with van der Waals surface area (Å²) in [7, 11) is 0. The molecule has 8 aromatic rings. The number of ether oxygens (including phenoxy) is 2. The Hall–Kier alpha value is -7.25. The molecule has 5 N–H and O–H groups in total. The maximum atomic E-state index is 13.5. The highest BCUT2D eigenvalue weighted by molar-refractivity contribution is 6.13. The van der Waals surface area contributed by atoms with Gasteiger partial charge in [-0.15, -0.1) is 0 Å². The Morgan fingerprint density at radius 1 is 0.645 bits per heavy atom. The number of hydrogen-bond donors (Lipinski definition) is 5. The summed E-state index contributed by atoms with van der Waals surface area (Å²) in [6.07, 6.45) is 7.72. The largest absolute Gasteiger partial charge is 0.478 e. The van der Waals surface area contributed by atoms with Crippen molar-refractivity contribution in [2.45, 2.75) is 80.6 Å². The number of nitrogens with zero attached hydrogens (tertiary/aromatic N) is 6. The number of carboxylic acid groups (broad SMARTS) is 1. The van der Waals surface area contributed by atoms with E-state index in [1.54, 1.807) is 18.5 Å². The van der Waals surface area contributed by atoms with Crippen molar-refractivity contribution in [3.8, 4) is 22.5 Å². The van der Waals surface area contributed by atoms with Crippen molar-refractivity contribution < 1.29 is 24.2 Å². The fourth-order valence-corrected chi connectivity index (χ4v) is 10.5. The molecule has 2 aliphatic rings. The molecule has 1 amide bonds. The Morgan fingerprint density at radius 2 is 1.08 bits per heavy atom. The number of morpholine rings is 2. The lowest BCUT2D eigenvalue weighted by molar-refractivity contribution is 0.0186. The Labute approximate surface area is 447 Å². The van der Waals surface area contributed by atoms with E-state index >= 15 is 0 Å². The highest BCUT2D eigenvalue weighted by Crippen LogP contribution is 2.33. The van der Waals surface area contributed by atoms with Gasteiger partial charge in [0.1, 0.15) is 0 Å². The number of carbonyl (C=O) groups excluding carboxylic acids is 1. The lowest BCUT2D eigenvalue weighted by Crippen LogP contribution is -2.39. The van der Waals surface area contributed by atoms with Crippen LogP contribution in [-0.4, -0.2) is 108 Å². The number of fused-ring (bicyclic) bond motifs is 2. The van der Waals surface area contributed by atoms with E-state index < -0.39 is 5.97 Å². The topological polar surface area (TPSA) is 204 Å². The number of rotatable bonds is 12. The highest BCUT2D eigenvalue weighted by Gasteiger charge is 2.28. The second kappa shape index (κ2) is 24.6. The van der Waals surface area contributed by atoms with Crippen molar-refractivity contribution in [1.82, 2.24) is 48.7 Å². The summed E-state index contributed by atoms with van der Waals surface area (Å²) in [6.45, 7) is 22.4. The second-order valence-corrected chi connectivity index (χ2v) is 19.7. The molecule has 398 valence electrons. The van der Waals surface area contributed by atoms with E-state index in [0.29, 0.717) is 55.2 Å². The summed E-state index contributed by atoms with van der Waals surface area (Å²) in [5.41, 5.74) is 14.8. The monoisotopic (exact) mass is 1050 g/mol. The number of hydrogen-bond acceptors (Lipinski definition) is 11. The number of amides is 1. The van der Waals surface area contributed by atoms with Gasteiger partial charge in [0.15, 0.2) is 0 Å². The number of nitrogens with one attached hydrogen (secondary N) is 4. The van der Waals surface area contributed by atoms with Crippen LogP contribution in [0.15, 0.2) is 107 Å². The number of carboxylic acids is 1. The van der Waals surface area contributed by atoms with Gasteiger partial charge < -0.3 is 38.7 Å². The third-order valence-electron chi connectivity index (χ3n) is 14.4. The number of carbonyl (C=O) groups is 2. The average molecular weight is 1050 g/mol. The number of halogens is 1. The zero-order valence-corrected chi connectivity index (χ0v) is 45.2. The van der Waals surface area contributed by atoms with Crippen LogP contribution in [-0.2, 0) is 22.6 Å². The molecule has 2 atom stereocenters. The summed E-state index contributed by atoms with van der Waals surface area (Å²) in [5, 5.41) is 12.7. The van der Waals surface area contributed by atoms with Crippen molar-refractivity contribution >= 4 is 34.7 Å². The molecule has 0 bridgehead atoms. The van der Waals surface area contributed by atoms with Crippen LogP contribution in [0.3, 0.4) is 0 Å². The molecule has 2 unspecified atom stereocenters. The first-order valence-electron chi connectivity index (χ1n) is 25.6. The van der Waals surface area contributed by atoms with Crippen molar-refractivity contribution in [1.29, 1.82) is 0 Å². The Balaban J connectivity index is 0.000000171. The van der Waals surface area contributed by atoms with Gasteiger partial charge in [-0.3, -0.25) is 34.2 Å². The van der Waals surface area contributed by atoms with Crippen LogP contribution in [0.5, 0.6) is 0 Å². The van der Waals surface area contributed by atoms with Gasteiger partial charge in [0.25, 0.3) is 17.0 Å². The highest BCUT2D eigenvalue weighted by atomic mass is 35.5. The molecule has 10 rings (SSSR count). The predicted molar refractivity (Wildman–Crippen MR) is 296 cm³/mol. The molecule has 17 nitrogen and oxygen atoms in total. The Kier molecular flexibility index (Phi) is 17.8. The summed E-state index contributed by atoms with van der Waals surface area (Å²) in [6, 6.07) is 23.4. The van der Waals surface area contributed by atoms with Crippen LogP contribution >= 0.6 is 11.8 Å². The number of aromatic amines is 2. The lowest BCUT2D eigenvalue weighted by atomic mass is 10.0. The summed E-state index contributed by atoms with van der Waals surface area (Å²) in [4.78, 5) is 70.8. The van der Waals surface area contributed by atoms with Gasteiger partial charge in [-0.05, 0) is 150 Å². The van der Waals surface area contributed by atoms with Crippen LogP contribution < -0.4 is 21.3 Å². The lowest BCUT2D eigenvalue weighted by Gasteiger charge is -2.34. The maximum absolute atomic E-state index is 13.5. The van der Waals surface area contributed by atoms with E-state index in [2.05, 4.69) is 81.0 Å². The van der Waals surface area contributed by atoms with Crippen LogP contribution in [0, 0.1) is 41.5 Å². The van der Waals surface area contributed by atoms with Crippen LogP contribution in [0.1, 0.15) is 103 Å². The number of pyridine rings is 6. The quantitative estimate of drug-likeness (QED) is 0.0731. The number of aryl methyl sites for hydroxylation is 4. The van der Waals surface area contributed by atoms with Gasteiger partial charge in [0.05, 0.1) is 43.4 Å². The first-order valence-corrected chi connectivity index (χ1v) is 25.9. The predicted octanol–water partition coefficient (Wildman–Crippen LogP) is 8.57. The third-order valence-corrected chi connectivity index (χ3v) is 14.5. The van der Waals surface area contributed by atoms with E-state index in [9.17, 15) is 24.3 Å². The molecule has 0 aliphatic carbocycles. The summed E-state index contributed by atoms with van der Waals surface area (Å²) in [5.74, 6) is -1.10. The standard InChI is InChI=1S/C29H33N5O3.C21H23N3O3.C8H11ClN2O/c1-18-13-19(2)32-29(36)25(18)16-31-28(35)24-15-23-14-22(26-7-5-6-8-30-26)17-34(23)27(20(24)3)21(4)33-9-11-37-12-10-33;1-14-18(21(25)26)12-17-11-16(19-5-3-4-6-22-19)13-24(17)20(14)15(2)23-7-9-27-10-8-23;1-5-3-6(2)11-8(12)7(5)4-10-9/h5-8,13-15,17,21H,9-12,16H2,1-4H3,(H,31,35)(H,32,36);3-6,11-13,15H,7-10H2,1-2H3,(H,25,26);3,10H,4H2,1-2H3,(H,11,12). The SMILES string of the molecule is Cc1c(C(=O)O)cc2cc(-c3ccccn3)cn2c1C(C)N1CCOCC1.Cc1cc(C)c(CNC(=O)c2cc3cc(-c4ccccn4)cn3c(C(C)N3CCOCC3)c2C)c(=O)[nH]1.Cc1cc(C)c(CNCl)c(=O)[nH]1. The van der Waals surface area contributed by atoms with Gasteiger partial charge in [0, 0.05) is 138 Å². The van der Waals surface area contributed by atoms with E-state index in [1.807, 2.05) is 102 Å². The van der Waals surface area contributed by atoms with Crippen molar-refractivity contribution in [3.63, 3.8) is 0 Å². The van der Waals surface area contributed by atoms with Crippen LogP contribution in [0.25, 0.3) is 33.5 Å². The molecule has 8 aromatic heterocycles. The number of aromatic nitrogens is 6. The van der Waals surface area contributed by atoms with Gasteiger partial charge in [0.2, 0.25) is 0 Å². The van der Waals surface area contributed by atoms with Gasteiger partial charge in [-0.25, -0.2) is 9.63 Å². The Morgan fingerprint density at radius 3 is 1.49 bits per heavy atom. The molecule has 0 aromatic carbocycles. The second-order valence-electron chi connectivity index (χ2n) is 19.4. The fraction of sp³-hybridized carbons (Fsp3) is 0.345. The first kappa shape index (κ1) is 55.0. The molecular weight excluding hydrogens is 984 g/mol. The van der Waals surface area contributed by atoms with Crippen LogP contribution in [0.4, 0.5) is 0 Å². The molecule has 2 saturated heterocycles. The van der Waals surface area contributed by atoms with Crippen molar-refractivity contribution in [3.05, 3.63) is 186 Å². The smallest absolute Gasteiger partial charge is 0.336 e. The van der Waals surface area contributed by atoms with Gasteiger partial charge in [-0.1, -0.05) is 12.1 Å². The van der Waals surface area contributed by atoms with Gasteiger partial charge >= 0.3 is 5.97 Å².